The molecule has 0 heterocycles. The minimum Gasteiger partial charge on any atom is -0.195 e. The Hall–Kier alpha value is -1.42. The summed E-state index contributed by atoms with van der Waals surface area (Å²) in [5.41, 5.74) is 0.833. The summed E-state index contributed by atoms with van der Waals surface area (Å²) >= 11 is 0. The van der Waals surface area contributed by atoms with E-state index in [-0.39, 0.29) is 6.42 Å². The van der Waals surface area contributed by atoms with Gasteiger partial charge >= 0.3 is 10.2 Å². The molecule has 2 aromatic rings. The van der Waals surface area contributed by atoms with Gasteiger partial charge in [-0.25, -0.2) is 0 Å². The molecule has 0 aliphatic rings. The van der Waals surface area contributed by atoms with Crippen LogP contribution in [0.3, 0.4) is 0 Å². The maximum Gasteiger partial charge on any atom is 0.302 e. The maximum atomic E-state index is 12.4. The summed E-state index contributed by atoms with van der Waals surface area (Å²) < 4.78 is 33.2. The third kappa shape index (κ3) is 2.79. The molecule has 84 valence electrons. The number of benzene rings is 2. The molecule has 0 amide bonds. The summed E-state index contributed by atoms with van der Waals surface area (Å²) in [6.07, 6.45) is 0.212. The van der Waals surface area contributed by atoms with Crippen LogP contribution in [0.2, 0.25) is 0 Å². The van der Waals surface area contributed by atoms with E-state index in [4.69, 9.17) is 0 Å². The largest absolute Gasteiger partial charge is 0.302 e. The lowest BCUT2D eigenvalue weighted by atomic mass is 10.1. The van der Waals surface area contributed by atoms with E-state index in [9.17, 15) is 12.3 Å². The first-order valence-electron chi connectivity index (χ1n) is 4.95. The maximum absolute atomic E-state index is 12.4. The first kappa shape index (κ1) is 11.1. The Morgan fingerprint density at radius 2 is 1.69 bits per heavy atom. The van der Waals surface area contributed by atoms with Crippen molar-refractivity contribution in [3.8, 4) is 0 Å². The van der Waals surface area contributed by atoms with Crippen molar-refractivity contribution in [3.63, 3.8) is 0 Å². The normalized spacial score (nSPS) is 11.8. The second-order valence-electron chi connectivity index (χ2n) is 3.67. The molecule has 0 atom stereocenters. The Kier molecular flexibility index (Phi) is 2.92. The van der Waals surface area contributed by atoms with E-state index in [0.29, 0.717) is 0 Å². The average Bonchev–Trinajstić information content (AvgIpc) is 2.25. The summed E-state index contributed by atoms with van der Waals surface area (Å²) in [6.45, 7) is 0. The number of rotatable bonds is 3. The van der Waals surface area contributed by atoms with Crippen molar-refractivity contribution in [2.45, 2.75) is 6.42 Å². The summed E-state index contributed by atoms with van der Waals surface area (Å²) in [7, 11) is -4.38. The molecule has 16 heavy (non-hydrogen) atoms. The zero-order valence-electron chi connectivity index (χ0n) is 8.56. The second-order valence-corrected chi connectivity index (χ2v) is 5.16. The second kappa shape index (κ2) is 4.22. The van der Waals surface area contributed by atoms with Crippen LogP contribution in [0.25, 0.3) is 10.8 Å². The SMILES string of the molecule is O=S(=O)(F)CCc1ccc2ccccc2c1. The number of aryl methyl sites for hydroxylation is 1. The summed E-state index contributed by atoms with van der Waals surface area (Å²) in [6, 6.07) is 13.4. The van der Waals surface area contributed by atoms with Crippen molar-refractivity contribution in [1.82, 2.24) is 0 Å². The third-order valence-corrected chi connectivity index (χ3v) is 3.14. The highest BCUT2D eigenvalue weighted by Gasteiger charge is 2.07. The molecule has 0 saturated heterocycles. The van der Waals surface area contributed by atoms with E-state index >= 15 is 0 Å². The molecule has 0 aliphatic carbocycles. The molecule has 0 fully saturated rings. The minimum atomic E-state index is -4.38. The van der Waals surface area contributed by atoms with Gasteiger partial charge in [-0.2, -0.15) is 8.42 Å². The van der Waals surface area contributed by atoms with Crippen molar-refractivity contribution >= 4 is 21.0 Å². The molecule has 0 spiro atoms. The molecule has 0 aliphatic heterocycles. The van der Waals surface area contributed by atoms with E-state index in [2.05, 4.69) is 0 Å². The van der Waals surface area contributed by atoms with Crippen LogP contribution in [0.4, 0.5) is 3.89 Å². The van der Waals surface area contributed by atoms with Crippen LogP contribution in [0.1, 0.15) is 5.56 Å². The van der Waals surface area contributed by atoms with Crippen LogP contribution in [0.5, 0.6) is 0 Å². The lowest BCUT2D eigenvalue weighted by Crippen LogP contribution is -2.01. The first-order valence-corrected chi connectivity index (χ1v) is 6.50. The van der Waals surface area contributed by atoms with Crippen molar-refractivity contribution in [3.05, 3.63) is 48.0 Å². The zero-order valence-corrected chi connectivity index (χ0v) is 9.37. The van der Waals surface area contributed by atoms with Gasteiger partial charge in [0.25, 0.3) is 0 Å². The first-order chi connectivity index (χ1) is 7.54. The fourth-order valence-electron chi connectivity index (χ4n) is 1.63. The summed E-state index contributed by atoms with van der Waals surface area (Å²) in [5.74, 6) is -0.453. The average molecular weight is 238 g/mol. The van der Waals surface area contributed by atoms with Crippen molar-refractivity contribution < 1.29 is 12.3 Å². The molecular formula is C12H11FO2S. The molecule has 0 aromatic heterocycles. The highest BCUT2D eigenvalue weighted by Crippen LogP contribution is 2.16. The van der Waals surface area contributed by atoms with Gasteiger partial charge in [0.05, 0.1) is 5.75 Å². The molecule has 2 aromatic carbocycles. The van der Waals surface area contributed by atoms with Crippen molar-refractivity contribution in [2.75, 3.05) is 5.75 Å². The van der Waals surface area contributed by atoms with E-state index in [1.54, 1.807) is 0 Å². The monoisotopic (exact) mass is 238 g/mol. The Balaban J connectivity index is 2.26. The fourth-order valence-corrected chi connectivity index (χ4v) is 2.11. The molecule has 0 unspecified atom stereocenters. The predicted octanol–water partition coefficient (Wildman–Crippen LogP) is 2.68. The lowest BCUT2D eigenvalue weighted by molar-refractivity contribution is 0.551. The molecule has 4 heteroatoms. The highest BCUT2D eigenvalue weighted by molar-refractivity contribution is 7.86. The van der Waals surface area contributed by atoms with Crippen LogP contribution in [-0.2, 0) is 16.6 Å². The van der Waals surface area contributed by atoms with Crippen LogP contribution < -0.4 is 0 Å². The van der Waals surface area contributed by atoms with Crippen LogP contribution in [-0.4, -0.2) is 14.2 Å². The van der Waals surface area contributed by atoms with Gasteiger partial charge in [-0.1, -0.05) is 42.5 Å². The number of hydrogen-bond acceptors (Lipinski definition) is 2. The number of fused-ring (bicyclic) bond motifs is 1. The lowest BCUT2D eigenvalue weighted by Gasteiger charge is -2.01. The minimum absolute atomic E-state index is 0.212. The van der Waals surface area contributed by atoms with E-state index in [1.165, 1.54) is 0 Å². The molecular weight excluding hydrogens is 227 g/mol. The zero-order chi connectivity index (χ0) is 11.6. The number of hydrogen-bond donors (Lipinski definition) is 0. The third-order valence-electron chi connectivity index (χ3n) is 2.45. The van der Waals surface area contributed by atoms with Crippen molar-refractivity contribution in [2.24, 2.45) is 0 Å². The van der Waals surface area contributed by atoms with E-state index < -0.39 is 16.0 Å². The van der Waals surface area contributed by atoms with Gasteiger partial charge in [-0.05, 0) is 22.8 Å². The Morgan fingerprint density at radius 3 is 2.38 bits per heavy atom. The quantitative estimate of drug-likeness (QED) is 0.770. The van der Waals surface area contributed by atoms with Gasteiger partial charge < -0.3 is 0 Å². The van der Waals surface area contributed by atoms with Crippen molar-refractivity contribution in [1.29, 1.82) is 0 Å². The molecule has 0 bridgehead atoms. The Labute approximate surface area is 93.9 Å². The molecule has 0 saturated carbocycles. The van der Waals surface area contributed by atoms with Gasteiger partial charge in [0.15, 0.2) is 0 Å². The Morgan fingerprint density at radius 1 is 1.00 bits per heavy atom. The summed E-state index contributed by atoms with van der Waals surface area (Å²) in [5, 5.41) is 2.13. The standard InChI is InChI=1S/C12H11FO2S/c13-16(14,15)8-7-10-5-6-11-3-1-2-4-12(11)9-10/h1-6,9H,7-8H2. The molecule has 2 rings (SSSR count). The predicted molar refractivity (Wildman–Crippen MR) is 62.5 cm³/mol. The van der Waals surface area contributed by atoms with Crippen LogP contribution >= 0.6 is 0 Å². The Bertz CT molecular complexity index is 605. The van der Waals surface area contributed by atoms with Crippen LogP contribution in [0.15, 0.2) is 42.5 Å². The fraction of sp³-hybridized carbons (Fsp3) is 0.167. The summed E-state index contributed by atoms with van der Waals surface area (Å²) in [4.78, 5) is 0. The van der Waals surface area contributed by atoms with E-state index in [0.717, 1.165) is 16.3 Å². The smallest absolute Gasteiger partial charge is 0.195 e. The van der Waals surface area contributed by atoms with Gasteiger partial charge in [-0.15, -0.1) is 3.89 Å². The molecule has 2 nitrogen and oxygen atoms in total. The van der Waals surface area contributed by atoms with Gasteiger partial charge in [0.2, 0.25) is 0 Å². The highest BCUT2D eigenvalue weighted by atomic mass is 32.3. The van der Waals surface area contributed by atoms with Crippen LogP contribution in [0, 0.1) is 0 Å². The molecule has 0 N–H and O–H groups in total. The van der Waals surface area contributed by atoms with Gasteiger partial charge in [0, 0.05) is 0 Å². The molecule has 0 radical (unpaired) electrons. The topological polar surface area (TPSA) is 34.1 Å². The number of halogens is 1. The van der Waals surface area contributed by atoms with Gasteiger partial charge in [0.1, 0.15) is 0 Å². The van der Waals surface area contributed by atoms with Gasteiger partial charge in [-0.3, -0.25) is 0 Å². The van der Waals surface area contributed by atoms with E-state index in [1.807, 2.05) is 42.5 Å².